The first-order valence-electron chi connectivity index (χ1n) is 7.56. The predicted molar refractivity (Wildman–Crippen MR) is 68.5 cm³/mol. The zero-order valence-corrected chi connectivity index (χ0v) is 11.0. The van der Waals surface area contributed by atoms with Crippen molar-refractivity contribution in [3.05, 3.63) is 0 Å². The number of nitrogens with zero attached hydrogens (tertiary/aromatic N) is 1. The van der Waals surface area contributed by atoms with Crippen LogP contribution in [0.2, 0.25) is 0 Å². The maximum atomic E-state index is 2.92. The Morgan fingerprint density at radius 1 is 0.750 bits per heavy atom. The lowest BCUT2D eigenvalue weighted by Crippen LogP contribution is -2.44. The third-order valence-electron chi connectivity index (χ3n) is 5.48. The summed E-state index contributed by atoms with van der Waals surface area (Å²) in [6, 6.07) is 2.70. The summed E-state index contributed by atoms with van der Waals surface area (Å²) in [5.41, 5.74) is 0. The average molecular weight is 221 g/mol. The van der Waals surface area contributed by atoms with Crippen LogP contribution in [-0.4, -0.2) is 23.0 Å². The van der Waals surface area contributed by atoms with Crippen LogP contribution in [-0.2, 0) is 0 Å². The van der Waals surface area contributed by atoms with Crippen LogP contribution < -0.4 is 0 Å². The summed E-state index contributed by atoms with van der Waals surface area (Å²) >= 11 is 0. The lowest BCUT2D eigenvalue weighted by molar-refractivity contribution is 0.103. The summed E-state index contributed by atoms with van der Waals surface area (Å²) in [7, 11) is 0. The summed E-state index contributed by atoms with van der Waals surface area (Å²) in [5, 5.41) is 0. The molecular weight excluding hydrogens is 194 g/mol. The quantitative estimate of drug-likeness (QED) is 0.650. The summed E-state index contributed by atoms with van der Waals surface area (Å²) in [6.07, 6.45) is 12.1. The van der Waals surface area contributed by atoms with E-state index in [1.54, 1.807) is 0 Å². The van der Waals surface area contributed by atoms with Crippen molar-refractivity contribution in [3.8, 4) is 0 Å². The average Bonchev–Trinajstić information content (AvgIpc) is 2.63. The Morgan fingerprint density at radius 2 is 1.19 bits per heavy atom. The van der Waals surface area contributed by atoms with Gasteiger partial charge in [-0.2, -0.15) is 0 Å². The van der Waals surface area contributed by atoms with E-state index in [1.165, 1.54) is 51.4 Å². The van der Waals surface area contributed by atoms with Crippen molar-refractivity contribution in [1.29, 1.82) is 0 Å². The highest BCUT2D eigenvalue weighted by Gasteiger charge is 2.49. The molecule has 3 fully saturated rings. The number of rotatable bonds is 1. The summed E-state index contributed by atoms with van der Waals surface area (Å²) in [6.45, 7) is 4.84. The molecule has 0 aromatic heterocycles. The molecule has 0 spiro atoms. The summed E-state index contributed by atoms with van der Waals surface area (Å²) in [4.78, 5) is 2.92. The van der Waals surface area contributed by atoms with Crippen LogP contribution in [0.25, 0.3) is 0 Å². The number of fused-ring (bicyclic) bond motifs is 3. The third kappa shape index (κ3) is 1.63. The Morgan fingerprint density at radius 3 is 1.62 bits per heavy atom. The Bertz CT molecular complexity index is 226. The molecule has 0 N–H and O–H groups in total. The number of hydrogen-bond donors (Lipinski definition) is 0. The van der Waals surface area contributed by atoms with Gasteiger partial charge in [0.15, 0.2) is 0 Å². The highest BCUT2D eigenvalue weighted by atomic mass is 15.2. The molecule has 1 heterocycles. The second kappa shape index (κ2) is 4.33. The van der Waals surface area contributed by atoms with E-state index in [0.29, 0.717) is 0 Å². The van der Waals surface area contributed by atoms with Crippen LogP contribution >= 0.6 is 0 Å². The van der Waals surface area contributed by atoms with Crippen LogP contribution in [0.5, 0.6) is 0 Å². The van der Waals surface area contributed by atoms with E-state index in [-0.39, 0.29) is 0 Å². The molecule has 3 aliphatic rings. The van der Waals surface area contributed by atoms with E-state index in [0.717, 1.165) is 30.0 Å². The largest absolute Gasteiger partial charge is 0.294 e. The minimum Gasteiger partial charge on any atom is -0.294 e. The van der Waals surface area contributed by atoms with Crippen molar-refractivity contribution in [1.82, 2.24) is 4.90 Å². The minimum atomic E-state index is 0.777. The van der Waals surface area contributed by atoms with Crippen LogP contribution in [0, 0.1) is 11.8 Å². The first kappa shape index (κ1) is 11.1. The molecule has 2 aliphatic carbocycles. The fourth-order valence-corrected chi connectivity index (χ4v) is 5.03. The van der Waals surface area contributed by atoms with Gasteiger partial charge in [0.05, 0.1) is 0 Å². The highest BCUT2D eigenvalue weighted by Crippen LogP contribution is 2.49. The first-order valence-corrected chi connectivity index (χ1v) is 7.56. The van der Waals surface area contributed by atoms with Crippen LogP contribution in [0.3, 0.4) is 0 Å². The summed E-state index contributed by atoms with van der Waals surface area (Å²) in [5.74, 6) is 2.14. The van der Waals surface area contributed by atoms with E-state index < -0.39 is 0 Å². The van der Waals surface area contributed by atoms with Crippen LogP contribution in [0.15, 0.2) is 0 Å². The van der Waals surface area contributed by atoms with Gasteiger partial charge >= 0.3 is 0 Å². The molecular formula is C15H27N. The fraction of sp³-hybridized carbons (Fsp3) is 1.00. The molecule has 4 unspecified atom stereocenters. The SMILES string of the molecule is CC(C)N1C2CCCCC2C2CCCCC21. The highest BCUT2D eigenvalue weighted by molar-refractivity contribution is 5.03. The van der Waals surface area contributed by atoms with Gasteiger partial charge in [-0.15, -0.1) is 0 Å². The van der Waals surface area contributed by atoms with Gasteiger partial charge in [-0.25, -0.2) is 0 Å². The topological polar surface area (TPSA) is 3.24 Å². The van der Waals surface area contributed by atoms with E-state index in [4.69, 9.17) is 0 Å². The number of likely N-dealkylation sites (tertiary alicyclic amines) is 1. The molecule has 1 heteroatoms. The second-order valence-corrected chi connectivity index (χ2v) is 6.57. The van der Waals surface area contributed by atoms with Crippen molar-refractivity contribution >= 4 is 0 Å². The van der Waals surface area contributed by atoms with Gasteiger partial charge in [0.25, 0.3) is 0 Å². The van der Waals surface area contributed by atoms with Gasteiger partial charge < -0.3 is 0 Å². The molecule has 1 saturated heterocycles. The molecule has 0 bridgehead atoms. The molecule has 92 valence electrons. The second-order valence-electron chi connectivity index (χ2n) is 6.57. The minimum absolute atomic E-state index is 0.777. The van der Waals surface area contributed by atoms with E-state index in [2.05, 4.69) is 18.7 Å². The molecule has 0 aromatic carbocycles. The first-order chi connectivity index (χ1) is 7.79. The molecule has 1 nitrogen and oxygen atoms in total. The smallest absolute Gasteiger partial charge is 0.0132 e. The predicted octanol–water partition coefficient (Wildman–Crippen LogP) is 3.83. The lowest BCUT2D eigenvalue weighted by atomic mass is 9.73. The molecule has 4 atom stereocenters. The summed E-state index contributed by atoms with van der Waals surface area (Å²) < 4.78 is 0. The zero-order valence-electron chi connectivity index (χ0n) is 11.0. The van der Waals surface area contributed by atoms with Gasteiger partial charge in [0.1, 0.15) is 0 Å². The normalized spacial score (nSPS) is 44.4. The fourth-order valence-electron chi connectivity index (χ4n) is 5.03. The molecule has 0 radical (unpaired) electrons. The maximum Gasteiger partial charge on any atom is 0.0132 e. The van der Waals surface area contributed by atoms with Crippen molar-refractivity contribution < 1.29 is 0 Å². The molecule has 1 aliphatic heterocycles. The Kier molecular flexibility index (Phi) is 2.99. The molecule has 0 amide bonds. The standard InChI is InChI=1S/C15H27N/c1-11(2)16-14-9-5-3-7-12(14)13-8-4-6-10-15(13)16/h11-15H,3-10H2,1-2H3. The molecule has 3 rings (SSSR count). The molecule has 0 aromatic rings. The van der Waals surface area contributed by atoms with Gasteiger partial charge in [0, 0.05) is 18.1 Å². The molecule has 2 saturated carbocycles. The van der Waals surface area contributed by atoms with Crippen molar-refractivity contribution in [2.24, 2.45) is 11.8 Å². The lowest BCUT2D eigenvalue weighted by Gasteiger charge is -2.37. The monoisotopic (exact) mass is 221 g/mol. The van der Waals surface area contributed by atoms with Crippen molar-refractivity contribution in [3.63, 3.8) is 0 Å². The Balaban J connectivity index is 1.86. The maximum absolute atomic E-state index is 2.92. The third-order valence-corrected chi connectivity index (χ3v) is 5.48. The van der Waals surface area contributed by atoms with Crippen LogP contribution in [0.1, 0.15) is 65.2 Å². The van der Waals surface area contributed by atoms with Gasteiger partial charge in [-0.05, 0) is 51.4 Å². The Labute approximate surface area is 101 Å². The van der Waals surface area contributed by atoms with Gasteiger partial charge in [-0.1, -0.05) is 25.7 Å². The zero-order chi connectivity index (χ0) is 11.1. The van der Waals surface area contributed by atoms with Crippen molar-refractivity contribution in [2.75, 3.05) is 0 Å². The van der Waals surface area contributed by atoms with E-state index in [9.17, 15) is 0 Å². The van der Waals surface area contributed by atoms with Crippen molar-refractivity contribution in [2.45, 2.75) is 83.3 Å². The van der Waals surface area contributed by atoms with Crippen LogP contribution in [0.4, 0.5) is 0 Å². The van der Waals surface area contributed by atoms with Gasteiger partial charge in [-0.3, -0.25) is 4.90 Å². The Hall–Kier alpha value is -0.0400. The van der Waals surface area contributed by atoms with E-state index >= 15 is 0 Å². The molecule has 16 heavy (non-hydrogen) atoms. The van der Waals surface area contributed by atoms with E-state index in [1.807, 2.05) is 0 Å². The van der Waals surface area contributed by atoms with Gasteiger partial charge in [0.2, 0.25) is 0 Å². The number of hydrogen-bond acceptors (Lipinski definition) is 1.